The Morgan fingerprint density at radius 3 is 2.72 bits per heavy atom. The normalized spacial score (nSPS) is 12.4. The molecule has 0 spiro atoms. The number of anilines is 1. The lowest BCUT2D eigenvalue weighted by atomic mass is 10.0. The standard InChI is InChI=1S/C11H19N5O2/c1-7(2)9(12)3-11(18)15-8-4-14-16(5-8)6-10(13)17/h4-5,7,9H,3,6,12H2,1-2H3,(H2,13,17)(H,15,18). The summed E-state index contributed by atoms with van der Waals surface area (Å²) in [6.07, 6.45) is 3.25. The summed E-state index contributed by atoms with van der Waals surface area (Å²) in [6, 6.07) is -0.175. The summed E-state index contributed by atoms with van der Waals surface area (Å²) in [5, 5.41) is 6.56. The second kappa shape index (κ2) is 6.15. The lowest BCUT2D eigenvalue weighted by Crippen LogP contribution is -2.31. The fraction of sp³-hybridized carbons (Fsp3) is 0.545. The van der Waals surface area contributed by atoms with Gasteiger partial charge in [0.15, 0.2) is 0 Å². The molecule has 1 heterocycles. The van der Waals surface area contributed by atoms with E-state index in [4.69, 9.17) is 11.5 Å². The zero-order valence-electron chi connectivity index (χ0n) is 10.6. The van der Waals surface area contributed by atoms with Crippen LogP contribution in [0.5, 0.6) is 0 Å². The van der Waals surface area contributed by atoms with Crippen LogP contribution in [0.3, 0.4) is 0 Å². The van der Waals surface area contributed by atoms with E-state index in [9.17, 15) is 9.59 Å². The van der Waals surface area contributed by atoms with E-state index in [0.29, 0.717) is 5.69 Å². The molecule has 1 atom stereocenters. The number of nitrogens with one attached hydrogen (secondary N) is 1. The van der Waals surface area contributed by atoms with Crippen LogP contribution < -0.4 is 16.8 Å². The summed E-state index contributed by atoms with van der Waals surface area (Å²) in [5.74, 6) is -0.416. The topological polar surface area (TPSA) is 116 Å². The summed E-state index contributed by atoms with van der Waals surface area (Å²) in [4.78, 5) is 22.3. The van der Waals surface area contributed by atoms with Crippen molar-refractivity contribution in [3.05, 3.63) is 12.4 Å². The van der Waals surface area contributed by atoms with E-state index in [1.54, 1.807) is 6.20 Å². The number of primary amides is 1. The first-order valence-electron chi connectivity index (χ1n) is 5.74. The zero-order valence-corrected chi connectivity index (χ0v) is 10.6. The lowest BCUT2D eigenvalue weighted by Gasteiger charge is -2.14. The fourth-order valence-corrected chi connectivity index (χ4v) is 1.34. The molecule has 1 aromatic heterocycles. The van der Waals surface area contributed by atoms with Gasteiger partial charge in [-0.05, 0) is 5.92 Å². The average Bonchev–Trinajstić information content (AvgIpc) is 2.63. The molecule has 2 amide bonds. The number of carbonyl (C=O) groups is 2. The molecule has 0 saturated heterocycles. The van der Waals surface area contributed by atoms with Crippen LogP contribution in [-0.4, -0.2) is 27.6 Å². The van der Waals surface area contributed by atoms with Crippen LogP contribution in [0.2, 0.25) is 0 Å². The third-order valence-corrected chi connectivity index (χ3v) is 2.51. The quantitative estimate of drug-likeness (QED) is 0.644. The first-order chi connectivity index (χ1) is 8.38. The smallest absolute Gasteiger partial charge is 0.239 e. The van der Waals surface area contributed by atoms with E-state index >= 15 is 0 Å². The summed E-state index contributed by atoms with van der Waals surface area (Å²) < 4.78 is 1.36. The number of hydrogen-bond donors (Lipinski definition) is 3. The molecule has 7 heteroatoms. The molecule has 1 rings (SSSR count). The SMILES string of the molecule is CC(C)C(N)CC(=O)Nc1cnn(CC(N)=O)c1. The maximum atomic E-state index is 11.6. The lowest BCUT2D eigenvalue weighted by molar-refractivity contribution is -0.119. The molecule has 0 saturated carbocycles. The van der Waals surface area contributed by atoms with Gasteiger partial charge in [-0.3, -0.25) is 14.3 Å². The van der Waals surface area contributed by atoms with Crippen molar-refractivity contribution in [2.24, 2.45) is 17.4 Å². The number of amides is 2. The van der Waals surface area contributed by atoms with Crippen molar-refractivity contribution >= 4 is 17.5 Å². The zero-order chi connectivity index (χ0) is 13.7. The Morgan fingerprint density at radius 2 is 2.17 bits per heavy atom. The van der Waals surface area contributed by atoms with Crippen molar-refractivity contribution in [2.45, 2.75) is 32.9 Å². The molecule has 1 unspecified atom stereocenters. The van der Waals surface area contributed by atoms with Gasteiger partial charge >= 0.3 is 0 Å². The number of rotatable bonds is 6. The van der Waals surface area contributed by atoms with Gasteiger partial charge in [-0.25, -0.2) is 0 Å². The summed E-state index contributed by atoms with van der Waals surface area (Å²) in [6.45, 7) is 3.91. The molecule has 0 aliphatic rings. The summed E-state index contributed by atoms with van der Waals surface area (Å²) in [7, 11) is 0. The van der Waals surface area contributed by atoms with Crippen LogP contribution in [-0.2, 0) is 16.1 Å². The van der Waals surface area contributed by atoms with Gasteiger partial charge in [0.2, 0.25) is 11.8 Å². The molecule has 5 N–H and O–H groups in total. The van der Waals surface area contributed by atoms with Crippen LogP contribution >= 0.6 is 0 Å². The molecule has 0 fully saturated rings. The molecule has 0 aliphatic heterocycles. The number of nitrogens with two attached hydrogens (primary N) is 2. The van der Waals surface area contributed by atoms with E-state index in [-0.39, 0.29) is 30.8 Å². The number of hydrogen-bond acceptors (Lipinski definition) is 4. The minimum Gasteiger partial charge on any atom is -0.368 e. The Hall–Kier alpha value is -1.89. The Labute approximate surface area is 106 Å². The predicted octanol–water partition coefficient (Wildman–Crippen LogP) is -0.320. The van der Waals surface area contributed by atoms with Crippen LogP contribution in [0.25, 0.3) is 0 Å². The first kappa shape index (κ1) is 14.2. The van der Waals surface area contributed by atoms with Gasteiger partial charge in [-0.15, -0.1) is 0 Å². The van der Waals surface area contributed by atoms with E-state index in [1.165, 1.54) is 10.9 Å². The van der Waals surface area contributed by atoms with Crippen molar-refractivity contribution in [3.63, 3.8) is 0 Å². The maximum Gasteiger partial charge on any atom is 0.239 e. The average molecular weight is 253 g/mol. The fourth-order valence-electron chi connectivity index (χ4n) is 1.34. The van der Waals surface area contributed by atoms with Gasteiger partial charge in [-0.1, -0.05) is 13.8 Å². The maximum absolute atomic E-state index is 11.6. The van der Waals surface area contributed by atoms with Gasteiger partial charge in [0.1, 0.15) is 6.54 Å². The van der Waals surface area contributed by atoms with Gasteiger partial charge < -0.3 is 16.8 Å². The molecule has 7 nitrogen and oxygen atoms in total. The van der Waals surface area contributed by atoms with E-state index < -0.39 is 5.91 Å². The van der Waals surface area contributed by atoms with Crippen LogP contribution in [0.4, 0.5) is 5.69 Å². The highest BCUT2D eigenvalue weighted by atomic mass is 16.2. The molecule has 100 valence electrons. The first-order valence-corrected chi connectivity index (χ1v) is 5.74. The molecule has 18 heavy (non-hydrogen) atoms. The minimum absolute atomic E-state index is 0.0125. The number of aromatic nitrogens is 2. The Bertz CT molecular complexity index is 427. The molecule has 0 aromatic carbocycles. The van der Waals surface area contributed by atoms with E-state index in [2.05, 4.69) is 10.4 Å². The van der Waals surface area contributed by atoms with Crippen molar-refractivity contribution in [2.75, 3.05) is 5.32 Å². The number of carbonyl (C=O) groups excluding carboxylic acids is 2. The van der Waals surface area contributed by atoms with Crippen LogP contribution in [0, 0.1) is 5.92 Å². The van der Waals surface area contributed by atoms with Crippen LogP contribution in [0.15, 0.2) is 12.4 Å². The van der Waals surface area contributed by atoms with Crippen molar-refractivity contribution < 1.29 is 9.59 Å². The highest BCUT2D eigenvalue weighted by Crippen LogP contribution is 2.08. The Kier molecular flexibility index (Phi) is 4.85. The minimum atomic E-state index is -0.488. The van der Waals surface area contributed by atoms with Crippen molar-refractivity contribution in [1.82, 2.24) is 9.78 Å². The van der Waals surface area contributed by atoms with Gasteiger partial charge in [0.05, 0.1) is 11.9 Å². The molecule has 0 bridgehead atoms. The Morgan fingerprint density at radius 1 is 1.50 bits per heavy atom. The second-order valence-corrected chi connectivity index (χ2v) is 4.55. The van der Waals surface area contributed by atoms with Gasteiger partial charge in [0.25, 0.3) is 0 Å². The molecule has 0 radical (unpaired) electrons. The van der Waals surface area contributed by atoms with Crippen molar-refractivity contribution in [1.29, 1.82) is 0 Å². The largest absolute Gasteiger partial charge is 0.368 e. The van der Waals surface area contributed by atoms with Crippen molar-refractivity contribution in [3.8, 4) is 0 Å². The van der Waals surface area contributed by atoms with E-state index in [1.807, 2.05) is 13.8 Å². The molecular weight excluding hydrogens is 234 g/mol. The molecule has 1 aromatic rings. The third kappa shape index (κ3) is 4.54. The monoisotopic (exact) mass is 253 g/mol. The predicted molar refractivity (Wildman–Crippen MR) is 67.5 cm³/mol. The van der Waals surface area contributed by atoms with Crippen LogP contribution in [0.1, 0.15) is 20.3 Å². The highest BCUT2D eigenvalue weighted by Gasteiger charge is 2.13. The Balaban J connectivity index is 2.49. The second-order valence-electron chi connectivity index (χ2n) is 4.55. The molecular formula is C11H19N5O2. The summed E-state index contributed by atoms with van der Waals surface area (Å²) >= 11 is 0. The van der Waals surface area contributed by atoms with Gasteiger partial charge in [0, 0.05) is 18.7 Å². The molecule has 0 aliphatic carbocycles. The third-order valence-electron chi connectivity index (χ3n) is 2.51. The van der Waals surface area contributed by atoms with E-state index in [0.717, 1.165) is 0 Å². The summed E-state index contributed by atoms with van der Waals surface area (Å²) in [5.41, 5.74) is 11.4. The number of nitrogens with zero attached hydrogens (tertiary/aromatic N) is 2. The van der Waals surface area contributed by atoms with Gasteiger partial charge in [-0.2, -0.15) is 5.10 Å². The highest BCUT2D eigenvalue weighted by molar-refractivity contribution is 5.90.